The number of rotatable bonds is 3. The number of morpholine rings is 1. The lowest BCUT2D eigenvalue weighted by Gasteiger charge is -2.35. The van der Waals surface area contributed by atoms with Gasteiger partial charge in [0.15, 0.2) is 0 Å². The smallest absolute Gasteiger partial charge is 0.328 e. The average molecular weight is 267 g/mol. The van der Waals surface area contributed by atoms with Crippen LogP contribution in [-0.2, 0) is 11.3 Å². The van der Waals surface area contributed by atoms with Crippen molar-refractivity contribution in [2.75, 3.05) is 19.7 Å². The molecule has 1 aliphatic heterocycles. The van der Waals surface area contributed by atoms with Gasteiger partial charge < -0.3 is 4.74 Å². The fraction of sp³-hybridized carbons (Fsp3) is 0.692. The quantitative estimate of drug-likeness (QED) is 0.834. The number of aromatic nitrogens is 2. The number of nitrogens with one attached hydrogen (secondary N) is 1. The third-order valence-corrected chi connectivity index (χ3v) is 3.49. The van der Waals surface area contributed by atoms with E-state index in [9.17, 15) is 9.59 Å². The van der Waals surface area contributed by atoms with Gasteiger partial charge in [-0.15, -0.1) is 0 Å². The summed E-state index contributed by atoms with van der Waals surface area (Å²) in [5.74, 6) is 0. The Bertz CT molecular complexity index is 547. The zero-order valence-electron chi connectivity index (χ0n) is 11.7. The highest BCUT2D eigenvalue weighted by Crippen LogP contribution is 2.09. The van der Waals surface area contributed by atoms with Crippen LogP contribution in [-0.4, -0.2) is 46.3 Å². The predicted octanol–water partition coefficient (Wildman–Crippen LogP) is -0.0458. The van der Waals surface area contributed by atoms with Crippen LogP contribution in [0.15, 0.2) is 15.8 Å². The molecule has 1 saturated heterocycles. The zero-order valence-corrected chi connectivity index (χ0v) is 11.7. The summed E-state index contributed by atoms with van der Waals surface area (Å²) in [5, 5.41) is 0. The molecular weight excluding hydrogens is 246 g/mol. The summed E-state index contributed by atoms with van der Waals surface area (Å²) in [6, 6.07) is 0.473. The number of hydrogen-bond acceptors (Lipinski definition) is 4. The third-order valence-electron chi connectivity index (χ3n) is 3.49. The van der Waals surface area contributed by atoms with Crippen LogP contribution in [0.5, 0.6) is 0 Å². The molecule has 1 N–H and O–H groups in total. The van der Waals surface area contributed by atoms with Crippen molar-refractivity contribution in [2.45, 2.75) is 39.5 Å². The van der Waals surface area contributed by atoms with Crippen molar-refractivity contribution in [2.24, 2.45) is 0 Å². The van der Waals surface area contributed by atoms with Gasteiger partial charge in [-0.2, -0.15) is 0 Å². The van der Waals surface area contributed by atoms with Gasteiger partial charge in [-0.3, -0.25) is 19.2 Å². The van der Waals surface area contributed by atoms with Crippen molar-refractivity contribution >= 4 is 0 Å². The standard InChI is InChI=1S/C13H21N3O3/c1-9(2)15-4-5-19-11(7-15)8-16-6-10(3)12(17)14-13(16)18/h6,9,11H,4-5,7-8H2,1-3H3,(H,14,17,18). The summed E-state index contributed by atoms with van der Waals surface area (Å²) in [5.41, 5.74) is -0.161. The normalized spacial score (nSPS) is 20.9. The number of nitrogens with zero attached hydrogens (tertiary/aromatic N) is 2. The van der Waals surface area contributed by atoms with Crippen LogP contribution in [0.2, 0.25) is 0 Å². The van der Waals surface area contributed by atoms with Gasteiger partial charge in [-0.1, -0.05) is 0 Å². The Balaban J connectivity index is 2.11. The summed E-state index contributed by atoms with van der Waals surface area (Å²) in [6.07, 6.45) is 1.58. The molecule has 1 atom stereocenters. The number of ether oxygens (including phenoxy) is 1. The van der Waals surface area contributed by atoms with Gasteiger partial charge in [0.1, 0.15) is 0 Å². The topological polar surface area (TPSA) is 67.3 Å². The fourth-order valence-electron chi connectivity index (χ4n) is 2.30. The van der Waals surface area contributed by atoms with E-state index < -0.39 is 0 Å². The van der Waals surface area contributed by atoms with Crippen molar-refractivity contribution in [3.63, 3.8) is 0 Å². The summed E-state index contributed by atoms with van der Waals surface area (Å²) >= 11 is 0. The van der Waals surface area contributed by atoms with Crippen LogP contribution >= 0.6 is 0 Å². The molecule has 0 saturated carbocycles. The average Bonchev–Trinajstić information content (AvgIpc) is 2.36. The first-order valence-electron chi connectivity index (χ1n) is 6.63. The molecule has 0 aliphatic carbocycles. The molecule has 1 unspecified atom stereocenters. The molecule has 0 spiro atoms. The Hall–Kier alpha value is -1.40. The van der Waals surface area contributed by atoms with Gasteiger partial charge >= 0.3 is 5.69 Å². The third kappa shape index (κ3) is 3.33. The van der Waals surface area contributed by atoms with Crippen LogP contribution in [0.1, 0.15) is 19.4 Å². The molecule has 0 radical (unpaired) electrons. The van der Waals surface area contributed by atoms with Crippen molar-refractivity contribution in [1.82, 2.24) is 14.5 Å². The maximum atomic E-state index is 11.7. The Kier molecular flexibility index (Phi) is 4.21. The van der Waals surface area contributed by atoms with Crippen LogP contribution < -0.4 is 11.2 Å². The summed E-state index contributed by atoms with van der Waals surface area (Å²) in [4.78, 5) is 27.7. The number of aromatic amines is 1. The summed E-state index contributed by atoms with van der Waals surface area (Å²) < 4.78 is 7.21. The summed E-state index contributed by atoms with van der Waals surface area (Å²) in [7, 11) is 0. The molecule has 2 rings (SSSR count). The van der Waals surface area contributed by atoms with Crippen molar-refractivity contribution in [3.05, 3.63) is 32.6 Å². The largest absolute Gasteiger partial charge is 0.374 e. The van der Waals surface area contributed by atoms with E-state index in [1.54, 1.807) is 13.1 Å². The van der Waals surface area contributed by atoms with Crippen LogP contribution in [0.3, 0.4) is 0 Å². The first kappa shape index (κ1) is 14.0. The van der Waals surface area contributed by atoms with Crippen molar-refractivity contribution in [3.8, 4) is 0 Å². The molecule has 0 bridgehead atoms. The first-order valence-corrected chi connectivity index (χ1v) is 6.63. The van der Waals surface area contributed by atoms with Gasteiger partial charge in [-0.25, -0.2) is 4.79 Å². The number of hydrogen-bond donors (Lipinski definition) is 1. The first-order chi connectivity index (χ1) is 8.97. The second kappa shape index (κ2) is 5.71. The Morgan fingerprint density at radius 3 is 2.89 bits per heavy atom. The van der Waals surface area contributed by atoms with E-state index >= 15 is 0 Å². The highest BCUT2D eigenvalue weighted by molar-refractivity contribution is 5.01. The van der Waals surface area contributed by atoms with E-state index in [2.05, 4.69) is 23.7 Å². The highest BCUT2D eigenvalue weighted by Gasteiger charge is 2.22. The minimum Gasteiger partial charge on any atom is -0.374 e. The van der Waals surface area contributed by atoms with E-state index in [1.807, 2.05) is 0 Å². The van der Waals surface area contributed by atoms with Crippen LogP contribution in [0, 0.1) is 6.92 Å². The van der Waals surface area contributed by atoms with Crippen LogP contribution in [0.4, 0.5) is 0 Å². The molecule has 106 valence electrons. The molecular formula is C13H21N3O3. The van der Waals surface area contributed by atoms with Crippen molar-refractivity contribution in [1.29, 1.82) is 0 Å². The van der Waals surface area contributed by atoms with Gasteiger partial charge in [0, 0.05) is 30.9 Å². The second-order valence-corrected chi connectivity index (χ2v) is 5.31. The lowest BCUT2D eigenvalue weighted by Crippen LogP contribution is -2.48. The molecule has 1 fully saturated rings. The lowest BCUT2D eigenvalue weighted by atomic mass is 10.2. The molecule has 1 aliphatic rings. The minimum atomic E-state index is -0.374. The Morgan fingerprint density at radius 2 is 2.21 bits per heavy atom. The Morgan fingerprint density at radius 1 is 1.47 bits per heavy atom. The van der Waals surface area contributed by atoms with E-state index in [1.165, 1.54) is 4.57 Å². The van der Waals surface area contributed by atoms with Crippen LogP contribution in [0.25, 0.3) is 0 Å². The summed E-state index contributed by atoms with van der Waals surface area (Å²) in [6.45, 7) is 8.88. The van der Waals surface area contributed by atoms with E-state index in [-0.39, 0.29) is 17.4 Å². The van der Waals surface area contributed by atoms with E-state index in [0.29, 0.717) is 24.8 Å². The number of H-pyrrole nitrogens is 1. The number of aryl methyl sites for hydroxylation is 1. The van der Waals surface area contributed by atoms with Crippen molar-refractivity contribution < 1.29 is 4.74 Å². The molecule has 6 nitrogen and oxygen atoms in total. The van der Waals surface area contributed by atoms with E-state index in [4.69, 9.17) is 4.74 Å². The van der Waals surface area contributed by atoms with Gasteiger partial charge in [0.05, 0.1) is 19.3 Å². The van der Waals surface area contributed by atoms with Gasteiger partial charge in [0.25, 0.3) is 5.56 Å². The lowest BCUT2D eigenvalue weighted by molar-refractivity contribution is -0.0461. The molecule has 2 heterocycles. The molecule has 1 aromatic rings. The SMILES string of the molecule is Cc1cn(CC2CN(C(C)C)CCO2)c(=O)[nH]c1=O. The highest BCUT2D eigenvalue weighted by atomic mass is 16.5. The van der Waals surface area contributed by atoms with Gasteiger partial charge in [-0.05, 0) is 20.8 Å². The minimum absolute atomic E-state index is 0.0147. The Labute approximate surface area is 112 Å². The molecule has 1 aromatic heterocycles. The monoisotopic (exact) mass is 267 g/mol. The molecule has 0 amide bonds. The van der Waals surface area contributed by atoms with Gasteiger partial charge in [0.2, 0.25) is 0 Å². The molecule has 19 heavy (non-hydrogen) atoms. The van der Waals surface area contributed by atoms with E-state index in [0.717, 1.165) is 13.1 Å². The second-order valence-electron chi connectivity index (χ2n) is 5.31. The molecule has 0 aromatic carbocycles. The predicted molar refractivity (Wildman–Crippen MR) is 72.5 cm³/mol. The maximum Gasteiger partial charge on any atom is 0.328 e. The fourth-order valence-corrected chi connectivity index (χ4v) is 2.30. The maximum absolute atomic E-state index is 11.7. The zero-order chi connectivity index (χ0) is 14.0. The molecule has 6 heteroatoms.